The van der Waals surface area contributed by atoms with E-state index in [1.165, 1.54) is 12.0 Å². The Kier molecular flexibility index (Phi) is 6.82. The van der Waals surface area contributed by atoms with Crippen LogP contribution >= 0.6 is 0 Å². The molecule has 1 rings (SSSR count). The van der Waals surface area contributed by atoms with Gasteiger partial charge in [0, 0.05) is 6.54 Å². The first kappa shape index (κ1) is 21.2. The first-order valence-electron chi connectivity index (χ1n) is 8.25. The molecule has 0 N–H and O–H groups in total. The maximum atomic E-state index is 12.3. The molecular weight excluding hydrogens is 330 g/mol. The molecular formula is C17H29NO7. The maximum Gasteiger partial charge on any atom is 0.411 e. The lowest BCUT2D eigenvalue weighted by molar-refractivity contribution is -0.165. The van der Waals surface area contributed by atoms with E-state index >= 15 is 0 Å². The van der Waals surface area contributed by atoms with Gasteiger partial charge in [0.05, 0.1) is 13.2 Å². The van der Waals surface area contributed by atoms with E-state index in [0.29, 0.717) is 6.42 Å². The van der Waals surface area contributed by atoms with Crippen LogP contribution in [0.25, 0.3) is 0 Å². The van der Waals surface area contributed by atoms with Gasteiger partial charge in [-0.3, -0.25) is 4.90 Å². The van der Waals surface area contributed by atoms with Crippen LogP contribution in [-0.4, -0.2) is 66.5 Å². The number of carbonyl (C=O) groups excluding carboxylic acids is 3. The lowest BCUT2D eigenvalue weighted by Crippen LogP contribution is -2.48. The molecule has 0 radical (unpaired) electrons. The minimum absolute atomic E-state index is 0.271. The monoisotopic (exact) mass is 359 g/mol. The largest absolute Gasteiger partial charge is 0.467 e. The predicted molar refractivity (Wildman–Crippen MR) is 88.9 cm³/mol. The molecule has 1 aliphatic heterocycles. The van der Waals surface area contributed by atoms with Gasteiger partial charge in [-0.1, -0.05) is 0 Å². The number of amides is 1. The van der Waals surface area contributed by atoms with Crippen LogP contribution in [0.3, 0.4) is 0 Å². The van der Waals surface area contributed by atoms with E-state index in [2.05, 4.69) is 0 Å². The number of esters is 2. The molecule has 0 aliphatic carbocycles. The van der Waals surface area contributed by atoms with Crippen molar-refractivity contribution in [3.8, 4) is 0 Å². The van der Waals surface area contributed by atoms with Gasteiger partial charge in [-0.05, 0) is 48.0 Å². The third kappa shape index (κ3) is 6.89. The minimum atomic E-state index is -0.956. The Morgan fingerprint density at radius 3 is 2.04 bits per heavy atom. The minimum Gasteiger partial charge on any atom is -0.467 e. The molecule has 0 unspecified atom stereocenters. The number of carbonyl (C=O) groups is 3. The molecule has 1 heterocycles. The number of methoxy groups -OCH3 is 1. The van der Waals surface area contributed by atoms with E-state index < -0.39 is 41.4 Å². The molecule has 0 spiro atoms. The van der Waals surface area contributed by atoms with Crippen LogP contribution in [0.4, 0.5) is 4.79 Å². The van der Waals surface area contributed by atoms with Crippen LogP contribution in [-0.2, 0) is 28.5 Å². The fourth-order valence-electron chi connectivity index (χ4n) is 2.41. The number of likely N-dealkylation sites (tertiary alicyclic amines) is 1. The topological polar surface area (TPSA) is 91.4 Å². The average Bonchev–Trinajstić information content (AvgIpc) is 2.84. The van der Waals surface area contributed by atoms with Crippen molar-refractivity contribution in [1.29, 1.82) is 0 Å². The molecule has 1 amide bonds. The number of hydrogen-bond donors (Lipinski definition) is 0. The number of hydrogen-bond acceptors (Lipinski definition) is 7. The molecule has 1 aliphatic rings. The summed E-state index contributed by atoms with van der Waals surface area (Å²) >= 11 is 0. The van der Waals surface area contributed by atoms with Crippen molar-refractivity contribution in [1.82, 2.24) is 4.90 Å². The van der Waals surface area contributed by atoms with Crippen molar-refractivity contribution in [2.45, 2.75) is 71.3 Å². The first-order valence-corrected chi connectivity index (χ1v) is 8.25. The summed E-state index contributed by atoms with van der Waals surface area (Å²) in [4.78, 5) is 37.5. The van der Waals surface area contributed by atoms with Crippen molar-refractivity contribution in [3.05, 3.63) is 0 Å². The second-order valence-corrected chi connectivity index (χ2v) is 7.87. The lowest BCUT2D eigenvalue weighted by Gasteiger charge is -2.29. The van der Waals surface area contributed by atoms with E-state index in [4.69, 9.17) is 18.9 Å². The second kappa shape index (κ2) is 8.03. The highest BCUT2D eigenvalue weighted by atomic mass is 16.6. The molecule has 0 saturated carbocycles. The Labute approximate surface area is 148 Å². The first-order chi connectivity index (χ1) is 11.3. The number of nitrogens with zero attached hydrogens (tertiary/aromatic N) is 1. The van der Waals surface area contributed by atoms with Gasteiger partial charge in [-0.2, -0.15) is 0 Å². The Morgan fingerprint density at radius 1 is 1.00 bits per heavy atom. The van der Waals surface area contributed by atoms with Gasteiger partial charge < -0.3 is 18.9 Å². The summed E-state index contributed by atoms with van der Waals surface area (Å²) in [6.45, 7) is 10.4. The highest BCUT2D eigenvalue weighted by molar-refractivity contribution is 5.83. The predicted octanol–water partition coefficient (Wildman–Crippen LogP) is 1.90. The summed E-state index contributed by atoms with van der Waals surface area (Å²) in [5.41, 5.74) is -1.31. The van der Waals surface area contributed by atoms with Crippen molar-refractivity contribution >= 4 is 18.0 Å². The molecule has 0 aromatic carbocycles. The highest BCUT2D eigenvalue weighted by Crippen LogP contribution is 2.25. The third-order valence-electron chi connectivity index (χ3n) is 3.25. The Bertz CT molecular complexity index is 504. The standard InChI is InChI=1S/C17H29NO7/c1-16(2,3)24-12(19)10-23-11-8-9-18(13(11)14(20)22-7)15(21)25-17(4,5)6/h11,13H,8-10H2,1-7H3/t11-,13-/m0/s1. The quantitative estimate of drug-likeness (QED) is 0.559. The zero-order valence-electron chi connectivity index (χ0n) is 16.1. The van der Waals surface area contributed by atoms with Gasteiger partial charge in [0.2, 0.25) is 0 Å². The Hall–Kier alpha value is -1.83. The van der Waals surface area contributed by atoms with Crippen LogP contribution in [0.2, 0.25) is 0 Å². The molecule has 1 saturated heterocycles. The van der Waals surface area contributed by atoms with Gasteiger partial charge >= 0.3 is 18.0 Å². The van der Waals surface area contributed by atoms with E-state index in [0.717, 1.165) is 0 Å². The zero-order chi connectivity index (χ0) is 19.4. The van der Waals surface area contributed by atoms with Crippen LogP contribution in [0, 0.1) is 0 Å². The molecule has 25 heavy (non-hydrogen) atoms. The molecule has 1 fully saturated rings. The summed E-state index contributed by atoms with van der Waals surface area (Å²) in [5, 5.41) is 0. The van der Waals surface area contributed by atoms with Gasteiger partial charge in [0.1, 0.15) is 17.8 Å². The van der Waals surface area contributed by atoms with Gasteiger partial charge in [-0.15, -0.1) is 0 Å². The van der Waals surface area contributed by atoms with Crippen LogP contribution in [0.5, 0.6) is 0 Å². The van der Waals surface area contributed by atoms with Crippen LogP contribution in [0.1, 0.15) is 48.0 Å². The zero-order valence-corrected chi connectivity index (χ0v) is 16.1. The van der Waals surface area contributed by atoms with E-state index in [-0.39, 0.29) is 13.2 Å². The van der Waals surface area contributed by atoms with Gasteiger partial charge in [-0.25, -0.2) is 14.4 Å². The summed E-state index contributed by atoms with van der Waals surface area (Å²) < 4.78 is 20.8. The third-order valence-corrected chi connectivity index (χ3v) is 3.25. The van der Waals surface area contributed by atoms with Crippen molar-refractivity contribution in [2.75, 3.05) is 20.3 Å². The van der Waals surface area contributed by atoms with Crippen molar-refractivity contribution in [3.63, 3.8) is 0 Å². The molecule has 0 bridgehead atoms. The highest BCUT2D eigenvalue weighted by Gasteiger charge is 2.45. The fraction of sp³-hybridized carbons (Fsp3) is 0.824. The molecule has 0 aromatic rings. The number of rotatable bonds is 4. The summed E-state index contributed by atoms with van der Waals surface area (Å²) in [5.74, 6) is -1.15. The van der Waals surface area contributed by atoms with Crippen molar-refractivity contribution in [2.24, 2.45) is 0 Å². The molecule has 144 valence electrons. The van der Waals surface area contributed by atoms with Gasteiger partial charge in [0.25, 0.3) is 0 Å². The lowest BCUT2D eigenvalue weighted by atomic mass is 10.1. The van der Waals surface area contributed by atoms with Gasteiger partial charge in [0.15, 0.2) is 6.04 Å². The summed E-state index contributed by atoms with van der Waals surface area (Å²) in [7, 11) is 1.23. The summed E-state index contributed by atoms with van der Waals surface area (Å²) in [6, 6.07) is -0.956. The van der Waals surface area contributed by atoms with Crippen LogP contribution in [0.15, 0.2) is 0 Å². The maximum absolute atomic E-state index is 12.3. The second-order valence-electron chi connectivity index (χ2n) is 7.87. The summed E-state index contributed by atoms with van der Waals surface area (Å²) in [6.07, 6.45) is -0.888. The number of ether oxygens (including phenoxy) is 4. The molecule has 0 aromatic heterocycles. The van der Waals surface area contributed by atoms with E-state index in [9.17, 15) is 14.4 Å². The average molecular weight is 359 g/mol. The fourth-order valence-corrected chi connectivity index (χ4v) is 2.41. The van der Waals surface area contributed by atoms with Crippen LogP contribution < -0.4 is 0 Å². The smallest absolute Gasteiger partial charge is 0.411 e. The Balaban J connectivity index is 2.75. The van der Waals surface area contributed by atoms with Crippen molar-refractivity contribution < 1.29 is 33.3 Å². The normalized spacial score (nSPS) is 21.0. The van der Waals surface area contributed by atoms with E-state index in [1.54, 1.807) is 41.5 Å². The Morgan fingerprint density at radius 2 is 1.56 bits per heavy atom. The van der Waals surface area contributed by atoms with E-state index in [1.807, 2.05) is 0 Å². The molecule has 8 heteroatoms. The molecule has 2 atom stereocenters. The molecule has 8 nitrogen and oxygen atoms in total. The SMILES string of the molecule is COC(=O)[C@@H]1[C@@H](OCC(=O)OC(C)(C)C)CCN1C(=O)OC(C)(C)C.